The molecule has 2 aliphatic carbocycles. The number of nitrogens with one attached hydrogen (secondary N) is 1. The van der Waals surface area contributed by atoms with Crippen LogP contribution in [0, 0.1) is 30.6 Å². The molecular formula is C20H20N2O5. The predicted molar refractivity (Wildman–Crippen MR) is 95.2 cm³/mol. The summed E-state index contributed by atoms with van der Waals surface area (Å²) in [4.78, 5) is 49.9. The van der Waals surface area contributed by atoms with Crippen LogP contribution in [0.5, 0.6) is 0 Å². The van der Waals surface area contributed by atoms with Gasteiger partial charge in [0.25, 0.3) is 5.91 Å². The Morgan fingerprint density at radius 2 is 1.67 bits per heavy atom. The number of anilines is 1. The Hall–Kier alpha value is -2.96. The normalized spacial score (nSPS) is 27.8. The van der Waals surface area contributed by atoms with Gasteiger partial charge in [0, 0.05) is 5.69 Å². The van der Waals surface area contributed by atoms with E-state index >= 15 is 0 Å². The van der Waals surface area contributed by atoms with E-state index in [1.165, 1.54) is 0 Å². The van der Waals surface area contributed by atoms with Crippen LogP contribution < -0.4 is 5.32 Å². The number of likely N-dealkylation sites (tertiary alicyclic amines) is 1. The number of ether oxygens (including phenoxy) is 1. The Morgan fingerprint density at radius 3 is 2.26 bits per heavy atom. The standard InChI is InChI=1S/C20H20N2O5/c1-11-2-6-14(7-3-11)21-15(23)10-27-16(24)9-22-19(25)17-12-4-5-13(8-12)18(17)20(22)26/h2-7,12-13,17-18H,8-10H2,1H3,(H,21,23)/t12-,13-,17-,18+/m0/s1. The summed E-state index contributed by atoms with van der Waals surface area (Å²) in [6.07, 6.45) is 4.83. The maximum absolute atomic E-state index is 12.5. The van der Waals surface area contributed by atoms with E-state index in [2.05, 4.69) is 5.32 Å². The van der Waals surface area contributed by atoms with Crippen LogP contribution in [0.3, 0.4) is 0 Å². The molecule has 27 heavy (non-hydrogen) atoms. The minimum Gasteiger partial charge on any atom is -0.454 e. The van der Waals surface area contributed by atoms with Crippen molar-refractivity contribution in [2.45, 2.75) is 13.3 Å². The maximum Gasteiger partial charge on any atom is 0.326 e. The lowest BCUT2D eigenvalue weighted by atomic mass is 9.85. The minimum absolute atomic E-state index is 0.0951. The van der Waals surface area contributed by atoms with Crippen molar-refractivity contribution in [3.05, 3.63) is 42.0 Å². The van der Waals surface area contributed by atoms with Crippen molar-refractivity contribution in [1.29, 1.82) is 0 Å². The molecule has 4 atom stereocenters. The molecule has 1 aromatic carbocycles. The number of aryl methyl sites for hydroxylation is 1. The first-order valence-electron chi connectivity index (χ1n) is 9.00. The fourth-order valence-electron chi connectivity index (χ4n) is 4.27. The lowest BCUT2D eigenvalue weighted by Gasteiger charge is -2.16. The zero-order valence-electron chi connectivity index (χ0n) is 14.9. The number of carbonyl (C=O) groups excluding carboxylic acids is 4. The second-order valence-corrected chi connectivity index (χ2v) is 7.34. The summed E-state index contributed by atoms with van der Waals surface area (Å²) in [5.41, 5.74) is 1.66. The molecule has 2 fully saturated rings. The highest BCUT2D eigenvalue weighted by Crippen LogP contribution is 2.52. The predicted octanol–water partition coefficient (Wildman–Crippen LogP) is 1.28. The quantitative estimate of drug-likeness (QED) is 0.480. The van der Waals surface area contributed by atoms with Gasteiger partial charge in [0.2, 0.25) is 11.8 Å². The van der Waals surface area contributed by atoms with E-state index in [-0.39, 0.29) is 35.5 Å². The van der Waals surface area contributed by atoms with Gasteiger partial charge in [0.05, 0.1) is 11.8 Å². The molecule has 7 nitrogen and oxygen atoms in total. The van der Waals surface area contributed by atoms with Gasteiger partial charge in [-0.2, -0.15) is 0 Å². The summed E-state index contributed by atoms with van der Waals surface area (Å²) in [7, 11) is 0. The van der Waals surface area contributed by atoms with E-state index in [9.17, 15) is 19.2 Å². The van der Waals surface area contributed by atoms with E-state index in [4.69, 9.17) is 4.74 Å². The number of hydrogen-bond donors (Lipinski definition) is 1. The molecule has 1 saturated heterocycles. The van der Waals surface area contributed by atoms with Crippen molar-refractivity contribution in [3.63, 3.8) is 0 Å². The third-order valence-corrected chi connectivity index (χ3v) is 5.55. The van der Waals surface area contributed by atoms with E-state index in [0.29, 0.717) is 5.69 Å². The fourth-order valence-corrected chi connectivity index (χ4v) is 4.27. The molecule has 3 amide bonds. The summed E-state index contributed by atoms with van der Waals surface area (Å²) in [6.45, 7) is 1.02. The van der Waals surface area contributed by atoms with Crippen LogP contribution in [-0.4, -0.2) is 41.7 Å². The molecule has 1 aromatic rings. The molecule has 1 saturated carbocycles. The maximum atomic E-state index is 12.5. The third-order valence-electron chi connectivity index (χ3n) is 5.55. The molecule has 140 valence electrons. The van der Waals surface area contributed by atoms with Crippen LogP contribution in [0.25, 0.3) is 0 Å². The first-order valence-corrected chi connectivity index (χ1v) is 9.00. The first kappa shape index (κ1) is 17.5. The van der Waals surface area contributed by atoms with Gasteiger partial charge in [-0.15, -0.1) is 0 Å². The molecule has 0 spiro atoms. The van der Waals surface area contributed by atoms with Crippen molar-refractivity contribution < 1.29 is 23.9 Å². The SMILES string of the molecule is Cc1ccc(NC(=O)COC(=O)CN2C(=O)[C@@H]3[C@H](C2=O)[C@H]2C=C[C@H]3C2)cc1. The molecule has 2 bridgehead atoms. The van der Waals surface area contributed by atoms with Crippen LogP contribution in [0.1, 0.15) is 12.0 Å². The molecule has 7 heteroatoms. The average molecular weight is 368 g/mol. The molecule has 1 heterocycles. The largest absolute Gasteiger partial charge is 0.454 e. The summed E-state index contributed by atoms with van der Waals surface area (Å²) in [5, 5.41) is 2.62. The third kappa shape index (κ3) is 3.13. The first-order chi connectivity index (χ1) is 12.9. The van der Waals surface area contributed by atoms with Crippen LogP contribution >= 0.6 is 0 Å². The molecule has 1 aliphatic heterocycles. The van der Waals surface area contributed by atoms with Gasteiger partial charge < -0.3 is 10.1 Å². The monoisotopic (exact) mass is 368 g/mol. The number of fused-ring (bicyclic) bond motifs is 5. The van der Waals surface area contributed by atoms with Crippen molar-refractivity contribution in [3.8, 4) is 0 Å². The van der Waals surface area contributed by atoms with Gasteiger partial charge in [0.1, 0.15) is 6.54 Å². The lowest BCUT2D eigenvalue weighted by molar-refractivity contribution is -0.154. The lowest BCUT2D eigenvalue weighted by Crippen LogP contribution is -2.38. The van der Waals surface area contributed by atoms with E-state index in [1.54, 1.807) is 12.1 Å². The molecule has 4 rings (SSSR count). The number of amides is 3. The summed E-state index contributed by atoms with van der Waals surface area (Å²) < 4.78 is 4.94. The molecule has 0 unspecified atom stereocenters. The average Bonchev–Trinajstić information content (AvgIpc) is 3.32. The highest BCUT2D eigenvalue weighted by atomic mass is 16.5. The molecule has 0 radical (unpaired) electrons. The summed E-state index contributed by atoms with van der Waals surface area (Å²) in [5.74, 6) is -2.35. The van der Waals surface area contributed by atoms with Crippen LogP contribution in [0.15, 0.2) is 36.4 Å². The van der Waals surface area contributed by atoms with E-state index < -0.39 is 25.0 Å². The molecule has 3 aliphatic rings. The topological polar surface area (TPSA) is 92.8 Å². The summed E-state index contributed by atoms with van der Waals surface area (Å²) in [6, 6.07) is 7.20. The highest BCUT2D eigenvalue weighted by Gasteiger charge is 2.59. The number of carbonyl (C=O) groups is 4. The fraction of sp³-hybridized carbons (Fsp3) is 0.400. The Bertz CT molecular complexity index is 814. The number of imide groups is 1. The zero-order chi connectivity index (χ0) is 19.1. The minimum atomic E-state index is -0.768. The van der Waals surface area contributed by atoms with Gasteiger partial charge in [0.15, 0.2) is 6.61 Å². The van der Waals surface area contributed by atoms with Crippen molar-refractivity contribution >= 4 is 29.4 Å². The second-order valence-electron chi connectivity index (χ2n) is 7.34. The Labute approximate surface area is 156 Å². The van der Waals surface area contributed by atoms with Gasteiger partial charge in [-0.05, 0) is 37.3 Å². The van der Waals surface area contributed by atoms with Crippen LogP contribution in [0.2, 0.25) is 0 Å². The van der Waals surface area contributed by atoms with Gasteiger partial charge in [-0.1, -0.05) is 29.8 Å². The second kappa shape index (κ2) is 6.64. The van der Waals surface area contributed by atoms with Crippen LogP contribution in [-0.2, 0) is 23.9 Å². The van der Waals surface area contributed by atoms with Gasteiger partial charge >= 0.3 is 5.97 Å². The van der Waals surface area contributed by atoms with Crippen molar-refractivity contribution in [1.82, 2.24) is 4.90 Å². The van der Waals surface area contributed by atoms with Crippen LogP contribution in [0.4, 0.5) is 5.69 Å². The Morgan fingerprint density at radius 1 is 1.07 bits per heavy atom. The Balaban J connectivity index is 1.28. The molecule has 1 N–H and O–H groups in total. The smallest absolute Gasteiger partial charge is 0.326 e. The highest BCUT2D eigenvalue weighted by molar-refractivity contribution is 6.08. The number of esters is 1. The molecular weight excluding hydrogens is 348 g/mol. The summed E-state index contributed by atoms with van der Waals surface area (Å²) >= 11 is 0. The number of allylic oxidation sites excluding steroid dienone is 2. The van der Waals surface area contributed by atoms with E-state index in [1.807, 2.05) is 31.2 Å². The van der Waals surface area contributed by atoms with E-state index in [0.717, 1.165) is 16.9 Å². The number of nitrogens with zero attached hydrogens (tertiary/aromatic N) is 1. The van der Waals surface area contributed by atoms with Gasteiger partial charge in [-0.3, -0.25) is 24.1 Å². The molecule has 0 aromatic heterocycles. The number of benzene rings is 1. The number of rotatable bonds is 5. The Kier molecular flexibility index (Phi) is 4.30. The van der Waals surface area contributed by atoms with Crippen molar-refractivity contribution in [2.24, 2.45) is 23.7 Å². The van der Waals surface area contributed by atoms with Crippen molar-refractivity contribution in [2.75, 3.05) is 18.5 Å². The van der Waals surface area contributed by atoms with Gasteiger partial charge in [-0.25, -0.2) is 0 Å². The zero-order valence-corrected chi connectivity index (χ0v) is 14.9. The number of hydrogen-bond acceptors (Lipinski definition) is 5.